The third-order valence-electron chi connectivity index (χ3n) is 5.34. The van der Waals surface area contributed by atoms with Gasteiger partial charge in [0.1, 0.15) is 10.7 Å². The number of nitrogens with two attached hydrogens (primary N) is 1. The molecule has 2 aliphatic rings. The fourth-order valence-corrected chi connectivity index (χ4v) is 4.86. The van der Waals surface area contributed by atoms with E-state index in [4.69, 9.17) is 5.73 Å². The largest absolute Gasteiger partial charge is 0.320 e. The van der Waals surface area contributed by atoms with Crippen molar-refractivity contribution in [1.29, 1.82) is 0 Å². The van der Waals surface area contributed by atoms with E-state index in [0.717, 1.165) is 51.1 Å². The molecule has 4 N–H and O–H groups in total. The van der Waals surface area contributed by atoms with Gasteiger partial charge in [-0.25, -0.2) is 26.9 Å². The van der Waals surface area contributed by atoms with E-state index in [1.54, 1.807) is 0 Å². The summed E-state index contributed by atoms with van der Waals surface area (Å²) in [6.45, 7) is -0.957. The summed E-state index contributed by atoms with van der Waals surface area (Å²) in [7, 11) is -4.10. The molecular weight excluding hydrogens is 390 g/mol. The molecule has 1 heterocycles. The molecule has 2 aliphatic carbocycles. The molecule has 0 aliphatic heterocycles. The SMILES string of the molecule is N[C@H](C(=O)Nc1cc(C2CC2)c(S(=O)(=O)NCC(F)F)cn1)C1CCCCC1. The van der Waals surface area contributed by atoms with Crippen LogP contribution in [0.2, 0.25) is 0 Å². The summed E-state index contributed by atoms with van der Waals surface area (Å²) in [4.78, 5) is 16.4. The quantitative estimate of drug-likeness (QED) is 0.602. The molecule has 2 saturated carbocycles. The van der Waals surface area contributed by atoms with Crippen molar-refractivity contribution in [2.45, 2.75) is 68.2 Å². The summed E-state index contributed by atoms with van der Waals surface area (Å²) in [5.41, 5.74) is 6.58. The second-order valence-electron chi connectivity index (χ2n) is 7.54. The first-order valence-corrected chi connectivity index (χ1v) is 11.1. The first-order chi connectivity index (χ1) is 13.3. The van der Waals surface area contributed by atoms with Gasteiger partial charge in [0.05, 0.1) is 12.6 Å². The van der Waals surface area contributed by atoms with Crippen LogP contribution in [0, 0.1) is 5.92 Å². The van der Waals surface area contributed by atoms with Crippen molar-refractivity contribution < 1.29 is 22.0 Å². The molecule has 1 atom stereocenters. The number of rotatable bonds is 8. The Kier molecular flexibility index (Phi) is 6.61. The van der Waals surface area contributed by atoms with E-state index in [0.29, 0.717) is 5.56 Å². The van der Waals surface area contributed by atoms with Gasteiger partial charge in [-0.1, -0.05) is 19.3 Å². The maximum Gasteiger partial charge on any atom is 0.251 e. The minimum atomic E-state index is -4.10. The average molecular weight is 416 g/mol. The van der Waals surface area contributed by atoms with Crippen molar-refractivity contribution >= 4 is 21.7 Å². The Bertz CT molecular complexity index is 809. The standard InChI is InChI=1S/C18H26F2N4O3S/c19-15(20)10-23-28(26,27)14-9-22-16(8-13(14)11-6-7-11)24-18(25)17(21)12-4-2-1-3-5-12/h8-9,11-12,15,17,23H,1-7,10,21H2,(H,22,24,25)/t17-/m0/s1. The molecule has 1 aromatic heterocycles. The van der Waals surface area contributed by atoms with Crippen LogP contribution < -0.4 is 15.8 Å². The summed E-state index contributed by atoms with van der Waals surface area (Å²) in [6.07, 6.45) is 5.06. The third kappa shape index (κ3) is 5.24. The van der Waals surface area contributed by atoms with Crippen molar-refractivity contribution in [3.63, 3.8) is 0 Å². The van der Waals surface area contributed by atoms with E-state index in [1.807, 2.05) is 4.72 Å². The second-order valence-corrected chi connectivity index (χ2v) is 9.27. The van der Waals surface area contributed by atoms with Crippen molar-refractivity contribution in [1.82, 2.24) is 9.71 Å². The second kappa shape index (κ2) is 8.79. The molecule has 10 heteroatoms. The normalized spacial score (nSPS) is 19.6. The highest BCUT2D eigenvalue weighted by Gasteiger charge is 2.32. The van der Waals surface area contributed by atoms with Gasteiger partial charge in [0.25, 0.3) is 6.43 Å². The number of hydrogen-bond donors (Lipinski definition) is 3. The third-order valence-corrected chi connectivity index (χ3v) is 6.81. The number of aromatic nitrogens is 1. The predicted molar refractivity (Wildman–Crippen MR) is 101 cm³/mol. The molecule has 0 spiro atoms. The van der Waals surface area contributed by atoms with Crippen LogP contribution in [-0.2, 0) is 14.8 Å². The van der Waals surface area contributed by atoms with Gasteiger partial charge < -0.3 is 11.1 Å². The molecule has 3 rings (SSSR count). The van der Waals surface area contributed by atoms with Gasteiger partial charge in [0.15, 0.2) is 0 Å². The van der Waals surface area contributed by atoms with Crippen molar-refractivity contribution in [2.24, 2.45) is 11.7 Å². The van der Waals surface area contributed by atoms with Crippen LogP contribution in [0.15, 0.2) is 17.2 Å². The Balaban J connectivity index is 1.74. The number of sulfonamides is 1. The molecule has 2 fully saturated rings. The van der Waals surface area contributed by atoms with Crippen molar-refractivity contribution in [3.8, 4) is 0 Å². The van der Waals surface area contributed by atoms with E-state index in [1.165, 1.54) is 6.07 Å². The predicted octanol–water partition coefficient (Wildman–Crippen LogP) is 2.35. The van der Waals surface area contributed by atoms with Gasteiger partial charge in [-0.15, -0.1) is 0 Å². The summed E-state index contributed by atoms with van der Waals surface area (Å²) in [5.74, 6) is 0.0391. The number of pyridine rings is 1. The molecule has 0 bridgehead atoms. The Morgan fingerprint density at radius 3 is 2.50 bits per heavy atom. The number of hydrogen-bond acceptors (Lipinski definition) is 5. The minimum absolute atomic E-state index is 0.0174. The zero-order valence-corrected chi connectivity index (χ0v) is 16.4. The highest BCUT2D eigenvalue weighted by molar-refractivity contribution is 7.89. The summed E-state index contributed by atoms with van der Waals surface area (Å²) in [6, 6.07) is 0.877. The summed E-state index contributed by atoms with van der Waals surface area (Å²) < 4.78 is 51.4. The zero-order chi connectivity index (χ0) is 20.3. The number of nitrogens with zero attached hydrogens (tertiary/aromatic N) is 1. The van der Waals surface area contributed by atoms with Crippen LogP contribution in [0.25, 0.3) is 0 Å². The van der Waals surface area contributed by atoms with Crippen LogP contribution in [0.5, 0.6) is 0 Å². The van der Waals surface area contributed by atoms with Crippen molar-refractivity contribution in [3.05, 3.63) is 17.8 Å². The van der Waals surface area contributed by atoms with Gasteiger partial charge >= 0.3 is 0 Å². The van der Waals surface area contributed by atoms with Gasteiger partial charge in [-0.05, 0) is 49.1 Å². The van der Waals surface area contributed by atoms with Gasteiger partial charge in [0.2, 0.25) is 15.9 Å². The van der Waals surface area contributed by atoms with E-state index >= 15 is 0 Å². The number of amides is 1. The lowest BCUT2D eigenvalue weighted by molar-refractivity contribution is -0.118. The summed E-state index contributed by atoms with van der Waals surface area (Å²) in [5, 5.41) is 2.68. The van der Waals surface area contributed by atoms with E-state index in [-0.39, 0.29) is 28.5 Å². The average Bonchev–Trinajstić information content (AvgIpc) is 3.51. The maximum absolute atomic E-state index is 12.5. The first-order valence-electron chi connectivity index (χ1n) is 9.62. The Morgan fingerprint density at radius 1 is 1.21 bits per heavy atom. The van der Waals surface area contributed by atoms with E-state index in [2.05, 4.69) is 10.3 Å². The topological polar surface area (TPSA) is 114 Å². The van der Waals surface area contributed by atoms with Crippen molar-refractivity contribution in [2.75, 3.05) is 11.9 Å². The van der Waals surface area contributed by atoms with Crippen LogP contribution in [0.4, 0.5) is 14.6 Å². The van der Waals surface area contributed by atoms with E-state index in [9.17, 15) is 22.0 Å². The minimum Gasteiger partial charge on any atom is -0.320 e. The molecule has 0 aromatic carbocycles. The molecule has 0 unspecified atom stereocenters. The first kappa shape index (κ1) is 21.1. The highest BCUT2D eigenvalue weighted by Crippen LogP contribution is 2.43. The Labute approximate surface area is 163 Å². The van der Waals surface area contributed by atoms with Gasteiger partial charge in [-0.2, -0.15) is 0 Å². The van der Waals surface area contributed by atoms with Crippen LogP contribution in [-0.4, -0.2) is 38.3 Å². The summed E-state index contributed by atoms with van der Waals surface area (Å²) >= 11 is 0. The fourth-order valence-electron chi connectivity index (χ4n) is 3.63. The lowest BCUT2D eigenvalue weighted by Crippen LogP contribution is -2.42. The number of nitrogens with one attached hydrogen (secondary N) is 2. The number of carbonyl (C=O) groups is 1. The monoisotopic (exact) mass is 416 g/mol. The molecule has 0 radical (unpaired) electrons. The smallest absolute Gasteiger partial charge is 0.251 e. The van der Waals surface area contributed by atoms with E-state index < -0.39 is 29.0 Å². The number of halogens is 2. The highest BCUT2D eigenvalue weighted by atomic mass is 32.2. The molecule has 1 aromatic rings. The fraction of sp³-hybridized carbons (Fsp3) is 0.667. The molecule has 28 heavy (non-hydrogen) atoms. The molecule has 0 saturated heterocycles. The molecular formula is C18H26F2N4O3S. The zero-order valence-electron chi connectivity index (χ0n) is 15.5. The lowest BCUT2D eigenvalue weighted by atomic mass is 9.84. The van der Waals surface area contributed by atoms with Crippen LogP contribution in [0.1, 0.15) is 56.4 Å². The van der Waals surface area contributed by atoms with Crippen LogP contribution in [0.3, 0.4) is 0 Å². The van der Waals surface area contributed by atoms with Gasteiger partial charge in [0, 0.05) is 6.20 Å². The lowest BCUT2D eigenvalue weighted by Gasteiger charge is -2.26. The molecule has 1 amide bonds. The number of anilines is 1. The molecule has 156 valence electrons. The van der Waals surface area contributed by atoms with Gasteiger partial charge in [-0.3, -0.25) is 4.79 Å². The molecule has 7 nitrogen and oxygen atoms in total. The number of alkyl halides is 2. The maximum atomic E-state index is 12.5. The van der Waals surface area contributed by atoms with Crippen LogP contribution >= 0.6 is 0 Å². The Hall–Kier alpha value is -1.65. The Morgan fingerprint density at radius 2 is 1.89 bits per heavy atom. The number of carbonyl (C=O) groups excluding carboxylic acids is 1.